The highest BCUT2D eigenvalue weighted by atomic mass is 15.0. The number of fused-ring (bicyclic) bond motifs is 1. The predicted octanol–water partition coefficient (Wildman–Crippen LogP) is 3.02. The van der Waals surface area contributed by atoms with E-state index >= 15 is 0 Å². The Balaban J connectivity index is 0.000000531. The SMILES string of the molecule is CC.Cc1ccc2c(n1)NCCC2.[HH]. The number of anilines is 1. The lowest BCUT2D eigenvalue weighted by atomic mass is 10.1. The maximum atomic E-state index is 4.40. The van der Waals surface area contributed by atoms with Gasteiger partial charge < -0.3 is 5.32 Å². The topological polar surface area (TPSA) is 24.9 Å². The van der Waals surface area contributed by atoms with Crippen molar-refractivity contribution in [3.05, 3.63) is 23.4 Å². The Morgan fingerprint density at radius 2 is 2.15 bits per heavy atom. The van der Waals surface area contributed by atoms with Crippen LogP contribution in [0.4, 0.5) is 5.82 Å². The van der Waals surface area contributed by atoms with Crippen LogP contribution in [0.1, 0.15) is 33.0 Å². The van der Waals surface area contributed by atoms with Gasteiger partial charge in [0.1, 0.15) is 5.82 Å². The van der Waals surface area contributed by atoms with Crippen molar-refractivity contribution in [3.63, 3.8) is 0 Å². The molecule has 1 aromatic heterocycles. The number of nitrogens with one attached hydrogen (secondary N) is 1. The maximum Gasteiger partial charge on any atom is 0.129 e. The molecule has 0 fully saturated rings. The van der Waals surface area contributed by atoms with Gasteiger partial charge in [-0.25, -0.2) is 4.98 Å². The Bertz CT molecular complexity index is 274. The summed E-state index contributed by atoms with van der Waals surface area (Å²) in [6.07, 6.45) is 2.41. The molecule has 0 atom stereocenters. The van der Waals surface area contributed by atoms with Crippen molar-refractivity contribution < 1.29 is 1.43 Å². The molecular weight excluding hydrogens is 160 g/mol. The lowest BCUT2D eigenvalue weighted by molar-refractivity contribution is 0.815. The van der Waals surface area contributed by atoms with Crippen LogP contribution in [0.3, 0.4) is 0 Å². The third kappa shape index (κ3) is 2.44. The second-order valence-electron chi connectivity index (χ2n) is 2.99. The average Bonchev–Trinajstić information content (AvgIpc) is 2.21. The lowest BCUT2D eigenvalue weighted by Gasteiger charge is -2.16. The zero-order valence-corrected chi connectivity index (χ0v) is 8.72. The fourth-order valence-corrected chi connectivity index (χ4v) is 1.43. The van der Waals surface area contributed by atoms with Crippen molar-refractivity contribution >= 4 is 5.82 Å². The summed E-state index contributed by atoms with van der Waals surface area (Å²) in [6.45, 7) is 7.10. The van der Waals surface area contributed by atoms with E-state index in [0.717, 1.165) is 18.1 Å². The first-order chi connectivity index (χ1) is 6.36. The van der Waals surface area contributed by atoms with Crippen LogP contribution in [-0.2, 0) is 6.42 Å². The highest BCUT2D eigenvalue weighted by Crippen LogP contribution is 2.18. The molecule has 2 nitrogen and oxygen atoms in total. The minimum atomic E-state index is 0. The molecule has 1 aliphatic heterocycles. The third-order valence-corrected chi connectivity index (χ3v) is 2.03. The van der Waals surface area contributed by atoms with Crippen molar-refractivity contribution in [3.8, 4) is 0 Å². The van der Waals surface area contributed by atoms with Crippen LogP contribution in [0.2, 0.25) is 0 Å². The fraction of sp³-hybridized carbons (Fsp3) is 0.545. The van der Waals surface area contributed by atoms with E-state index in [-0.39, 0.29) is 1.43 Å². The molecule has 0 aromatic carbocycles. The van der Waals surface area contributed by atoms with Crippen molar-refractivity contribution in [2.45, 2.75) is 33.6 Å². The summed E-state index contributed by atoms with van der Waals surface area (Å²) in [7, 11) is 0. The van der Waals surface area contributed by atoms with Crippen molar-refractivity contribution in [1.82, 2.24) is 4.98 Å². The Hall–Kier alpha value is -1.05. The zero-order valence-electron chi connectivity index (χ0n) is 8.72. The quantitative estimate of drug-likeness (QED) is 0.664. The van der Waals surface area contributed by atoms with Gasteiger partial charge in [-0.15, -0.1) is 0 Å². The van der Waals surface area contributed by atoms with E-state index in [1.165, 1.54) is 18.4 Å². The third-order valence-electron chi connectivity index (χ3n) is 2.03. The molecule has 0 spiro atoms. The number of hydrogen-bond acceptors (Lipinski definition) is 2. The molecule has 2 heterocycles. The standard InChI is InChI=1S/C9H12N2.C2H6.H2/c1-7-4-5-8-3-2-6-10-9(8)11-7;1-2;/h4-5H,2-3,6H2,1H3,(H,10,11);1-2H3;1H. The summed E-state index contributed by atoms with van der Waals surface area (Å²) >= 11 is 0. The summed E-state index contributed by atoms with van der Waals surface area (Å²) in [4.78, 5) is 4.40. The van der Waals surface area contributed by atoms with E-state index < -0.39 is 0 Å². The van der Waals surface area contributed by atoms with Crippen LogP contribution in [0.15, 0.2) is 12.1 Å². The molecular formula is C11H20N2. The number of rotatable bonds is 0. The molecule has 0 saturated heterocycles. The molecule has 13 heavy (non-hydrogen) atoms. The summed E-state index contributed by atoms with van der Waals surface area (Å²) in [5, 5.41) is 3.29. The second kappa shape index (κ2) is 4.85. The molecule has 0 aliphatic carbocycles. The Labute approximate surface area is 81.9 Å². The average molecular weight is 180 g/mol. The fourth-order valence-electron chi connectivity index (χ4n) is 1.43. The van der Waals surface area contributed by atoms with Crippen LogP contribution in [-0.4, -0.2) is 11.5 Å². The molecule has 0 radical (unpaired) electrons. The van der Waals surface area contributed by atoms with Gasteiger partial charge in [-0.05, 0) is 31.4 Å². The van der Waals surface area contributed by atoms with E-state index in [1.807, 2.05) is 20.8 Å². The van der Waals surface area contributed by atoms with Gasteiger partial charge in [-0.1, -0.05) is 19.9 Å². The largest absolute Gasteiger partial charge is 0.370 e. The Morgan fingerprint density at radius 1 is 1.38 bits per heavy atom. The van der Waals surface area contributed by atoms with Crippen molar-refractivity contribution in [2.24, 2.45) is 0 Å². The second-order valence-corrected chi connectivity index (χ2v) is 2.99. The molecule has 0 unspecified atom stereocenters. The molecule has 0 amide bonds. The monoisotopic (exact) mass is 180 g/mol. The highest BCUT2D eigenvalue weighted by molar-refractivity contribution is 5.46. The molecule has 1 N–H and O–H groups in total. The molecule has 0 saturated carbocycles. The normalized spacial score (nSPS) is 13.5. The smallest absolute Gasteiger partial charge is 0.129 e. The van der Waals surface area contributed by atoms with Crippen LogP contribution in [0.25, 0.3) is 0 Å². The van der Waals surface area contributed by atoms with Gasteiger partial charge in [0.15, 0.2) is 0 Å². The maximum absolute atomic E-state index is 4.40. The zero-order chi connectivity index (χ0) is 9.68. The van der Waals surface area contributed by atoms with Gasteiger partial charge in [0.05, 0.1) is 0 Å². The highest BCUT2D eigenvalue weighted by Gasteiger charge is 2.08. The van der Waals surface area contributed by atoms with Gasteiger partial charge in [0.25, 0.3) is 0 Å². The predicted molar refractivity (Wildman–Crippen MR) is 59.2 cm³/mol. The van der Waals surface area contributed by atoms with Crippen molar-refractivity contribution in [1.29, 1.82) is 0 Å². The lowest BCUT2D eigenvalue weighted by Crippen LogP contribution is -2.13. The van der Waals surface area contributed by atoms with Crippen LogP contribution < -0.4 is 5.32 Å². The van der Waals surface area contributed by atoms with E-state index in [9.17, 15) is 0 Å². The molecule has 1 aromatic rings. The summed E-state index contributed by atoms with van der Waals surface area (Å²) in [6, 6.07) is 4.25. The summed E-state index contributed by atoms with van der Waals surface area (Å²) in [5.74, 6) is 1.09. The first kappa shape index (κ1) is 10.0. The van der Waals surface area contributed by atoms with E-state index in [1.54, 1.807) is 0 Å². The molecule has 2 heteroatoms. The number of aryl methyl sites for hydroxylation is 2. The molecule has 2 rings (SSSR count). The minimum absolute atomic E-state index is 0. The Morgan fingerprint density at radius 3 is 2.92 bits per heavy atom. The van der Waals surface area contributed by atoms with Gasteiger partial charge >= 0.3 is 0 Å². The summed E-state index contributed by atoms with van der Waals surface area (Å²) < 4.78 is 0. The van der Waals surface area contributed by atoms with Gasteiger partial charge in [0, 0.05) is 13.7 Å². The van der Waals surface area contributed by atoms with Gasteiger partial charge in [-0.3, -0.25) is 0 Å². The number of aromatic nitrogens is 1. The number of nitrogens with zero attached hydrogens (tertiary/aromatic N) is 1. The molecule has 1 aliphatic rings. The first-order valence-corrected chi connectivity index (χ1v) is 5.07. The molecule has 74 valence electrons. The van der Waals surface area contributed by atoms with Gasteiger partial charge in [0.2, 0.25) is 0 Å². The van der Waals surface area contributed by atoms with E-state index in [0.29, 0.717) is 0 Å². The summed E-state index contributed by atoms with van der Waals surface area (Å²) in [5.41, 5.74) is 2.46. The van der Waals surface area contributed by atoms with Crippen LogP contribution in [0.5, 0.6) is 0 Å². The number of pyridine rings is 1. The number of hydrogen-bond donors (Lipinski definition) is 1. The van der Waals surface area contributed by atoms with Crippen LogP contribution in [0, 0.1) is 6.92 Å². The van der Waals surface area contributed by atoms with E-state index in [2.05, 4.69) is 22.4 Å². The first-order valence-electron chi connectivity index (χ1n) is 5.07. The van der Waals surface area contributed by atoms with Crippen LogP contribution >= 0.6 is 0 Å². The van der Waals surface area contributed by atoms with Gasteiger partial charge in [-0.2, -0.15) is 0 Å². The molecule has 0 bridgehead atoms. The van der Waals surface area contributed by atoms with E-state index in [4.69, 9.17) is 0 Å². The minimum Gasteiger partial charge on any atom is -0.370 e. The Kier molecular flexibility index (Phi) is 3.74. The van der Waals surface area contributed by atoms with Crippen molar-refractivity contribution in [2.75, 3.05) is 11.9 Å².